The van der Waals surface area contributed by atoms with Gasteiger partial charge < -0.3 is 10.1 Å². The maximum atomic E-state index is 12.3. The minimum atomic E-state index is -0.0388. The van der Waals surface area contributed by atoms with Crippen LogP contribution in [0.1, 0.15) is 30.4 Å². The third-order valence-electron chi connectivity index (χ3n) is 4.18. The van der Waals surface area contributed by atoms with Crippen molar-refractivity contribution in [1.82, 2.24) is 14.8 Å². The minimum Gasteiger partial charge on any atom is -0.493 e. The lowest BCUT2D eigenvalue weighted by molar-refractivity contribution is -0.116. The Bertz CT molecular complexity index is 891. The number of anilines is 1. The van der Waals surface area contributed by atoms with Gasteiger partial charge in [0.2, 0.25) is 5.91 Å². The van der Waals surface area contributed by atoms with Gasteiger partial charge in [0.25, 0.3) is 0 Å². The van der Waals surface area contributed by atoms with Crippen molar-refractivity contribution in [2.24, 2.45) is 0 Å². The highest BCUT2D eigenvalue weighted by molar-refractivity contribution is 5.92. The summed E-state index contributed by atoms with van der Waals surface area (Å²) in [7, 11) is 0. The zero-order valence-electron chi connectivity index (χ0n) is 15.7. The molecule has 0 aliphatic heterocycles. The molecule has 3 aromatic rings. The fourth-order valence-electron chi connectivity index (χ4n) is 2.72. The molecule has 0 spiro atoms. The summed E-state index contributed by atoms with van der Waals surface area (Å²) in [6, 6.07) is 11.6. The summed E-state index contributed by atoms with van der Waals surface area (Å²) < 4.78 is 7.47. The fourth-order valence-corrected chi connectivity index (χ4v) is 2.72. The van der Waals surface area contributed by atoms with E-state index in [0.29, 0.717) is 24.5 Å². The fraction of sp³-hybridized carbons (Fsp3) is 0.286. The molecule has 0 radical (unpaired) electrons. The van der Waals surface area contributed by atoms with Crippen molar-refractivity contribution in [3.05, 3.63) is 66.1 Å². The lowest BCUT2D eigenvalue weighted by atomic mass is 10.1. The van der Waals surface area contributed by atoms with E-state index in [4.69, 9.17) is 4.74 Å². The highest BCUT2D eigenvalue weighted by Crippen LogP contribution is 2.20. The molecule has 6 nitrogen and oxygen atoms in total. The Morgan fingerprint density at radius 2 is 2.04 bits per heavy atom. The van der Waals surface area contributed by atoms with Gasteiger partial charge >= 0.3 is 0 Å². The molecule has 6 heteroatoms. The largest absolute Gasteiger partial charge is 0.493 e. The highest BCUT2D eigenvalue weighted by Gasteiger charge is 2.09. The van der Waals surface area contributed by atoms with Gasteiger partial charge in [-0.1, -0.05) is 12.1 Å². The Balaban J connectivity index is 1.45. The van der Waals surface area contributed by atoms with E-state index in [1.165, 1.54) is 5.56 Å². The molecule has 1 amide bonds. The first-order valence-electron chi connectivity index (χ1n) is 9.08. The van der Waals surface area contributed by atoms with E-state index in [0.717, 1.165) is 24.2 Å². The van der Waals surface area contributed by atoms with Gasteiger partial charge in [-0.2, -0.15) is 5.10 Å². The van der Waals surface area contributed by atoms with Gasteiger partial charge in [0.1, 0.15) is 5.75 Å². The summed E-state index contributed by atoms with van der Waals surface area (Å²) in [5, 5.41) is 7.09. The normalized spacial score (nSPS) is 10.6. The van der Waals surface area contributed by atoms with Crippen molar-refractivity contribution >= 4 is 11.6 Å². The van der Waals surface area contributed by atoms with Crippen molar-refractivity contribution in [2.45, 2.75) is 33.1 Å². The number of aromatic nitrogens is 3. The Hall–Kier alpha value is -3.15. The van der Waals surface area contributed by atoms with Crippen LogP contribution in [-0.4, -0.2) is 27.3 Å². The number of carbonyl (C=O) groups excluding carboxylic acids is 1. The van der Waals surface area contributed by atoms with Crippen molar-refractivity contribution in [2.75, 3.05) is 11.9 Å². The lowest BCUT2D eigenvalue weighted by Crippen LogP contribution is -2.14. The van der Waals surface area contributed by atoms with Crippen molar-refractivity contribution in [3.8, 4) is 11.6 Å². The van der Waals surface area contributed by atoms with Gasteiger partial charge in [-0.15, -0.1) is 0 Å². The summed E-state index contributed by atoms with van der Waals surface area (Å²) in [5.41, 5.74) is 2.96. The average Bonchev–Trinajstić information content (AvgIpc) is 3.19. The van der Waals surface area contributed by atoms with E-state index in [1.54, 1.807) is 29.3 Å². The number of nitrogens with one attached hydrogen (secondary N) is 1. The summed E-state index contributed by atoms with van der Waals surface area (Å²) in [6.45, 7) is 4.68. The second kappa shape index (κ2) is 8.98. The van der Waals surface area contributed by atoms with Crippen LogP contribution in [0.5, 0.6) is 5.75 Å². The van der Waals surface area contributed by atoms with Gasteiger partial charge in [-0.25, -0.2) is 9.67 Å². The summed E-state index contributed by atoms with van der Waals surface area (Å²) in [6.07, 6.45) is 7.16. The van der Waals surface area contributed by atoms with Crippen molar-refractivity contribution in [1.29, 1.82) is 0 Å². The van der Waals surface area contributed by atoms with Gasteiger partial charge in [-0.3, -0.25) is 4.79 Å². The summed E-state index contributed by atoms with van der Waals surface area (Å²) in [4.78, 5) is 16.6. The molecular weight excluding hydrogens is 340 g/mol. The number of hydrogen-bond donors (Lipinski definition) is 1. The third-order valence-corrected chi connectivity index (χ3v) is 4.18. The molecule has 0 saturated heterocycles. The quantitative estimate of drug-likeness (QED) is 0.612. The first-order chi connectivity index (χ1) is 13.1. The highest BCUT2D eigenvalue weighted by atomic mass is 16.5. The number of hydrogen-bond acceptors (Lipinski definition) is 4. The molecule has 0 fully saturated rings. The minimum absolute atomic E-state index is 0.0388. The van der Waals surface area contributed by atoms with Gasteiger partial charge in [-0.05, 0) is 62.1 Å². The smallest absolute Gasteiger partial charge is 0.224 e. The molecule has 2 aromatic heterocycles. The molecule has 0 atom stereocenters. The summed E-state index contributed by atoms with van der Waals surface area (Å²) in [5.74, 6) is 1.48. The number of aryl methyl sites for hydroxylation is 2. The van der Waals surface area contributed by atoms with Crippen LogP contribution in [0.25, 0.3) is 5.82 Å². The molecule has 3 rings (SSSR count). The van der Waals surface area contributed by atoms with Crippen LogP contribution in [0.3, 0.4) is 0 Å². The molecule has 1 N–H and O–H groups in total. The molecule has 0 bridgehead atoms. The Kier molecular flexibility index (Phi) is 6.20. The van der Waals surface area contributed by atoms with Gasteiger partial charge in [0.15, 0.2) is 5.82 Å². The van der Waals surface area contributed by atoms with E-state index in [-0.39, 0.29) is 5.91 Å². The van der Waals surface area contributed by atoms with Crippen LogP contribution in [0.4, 0.5) is 5.69 Å². The number of rotatable bonds is 8. The van der Waals surface area contributed by atoms with Gasteiger partial charge in [0, 0.05) is 25.0 Å². The molecule has 0 aliphatic carbocycles. The van der Waals surface area contributed by atoms with E-state index < -0.39 is 0 Å². The van der Waals surface area contributed by atoms with Crippen LogP contribution in [0.2, 0.25) is 0 Å². The number of benzene rings is 1. The first kappa shape index (κ1) is 18.6. The third kappa shape index (κ3) is 5.17. The monoisotopic (exact) mass is 364 g/mol. The maximum Gasteiger partial charge on any atom is 0.224 e. The maximum absolute atomic E-state index is 12.3. The second-order valence-corrected chi connectivity index (χ2v) is 6.45. The molecule has 0 aliphatic rings. The number of nitrogens with zero attached hydrogens (tertiary/aromatic N) is 3. The van der Waals surface area contributed by atoms with E-state index in [2.05, 4.69) is 27.5 Å². The summed E-state index contributed by atoms with van der Waals surface area (Å²) >= 11 is 0. The van der Waals surface area contributed by atoms with E-state index >= 15 is 0 Å². The Morgan fingerprint density at radius 3 is 2.85 bits per heavy atom. The molecule has 1 aromatic carbocycles. The topological polar surface area (TPSA) is 69.0 Å². The van der Waals surface area contributed by atoms with Crippen LogP contribution >= 0.6 is 0 Å². The number of carbonyl (C=O) groups is 1. The average molecular weight is 364 g/mol. The SMILES string of the molecule is Cc1ccc(C)c(OCCCCC(=O)Nc2cccnc2-n2cccn2)c1. The number of ether oxygens (including phenoxy) is 1. The molecule has 0 saturated carbocycles. The lowest BCUT2D eigenvalue weighted by Gasteiger charge is -2.11. The van der Waals surface area contributed by atoms with E-state index in [9.17, 15) is 4.79 Å². The predicted octanol–water partition coefficient (Wildman–Crippen LogP) is 4.07. The zero-order valence-corrected chi connectivity index (χ0v) is 15.7. The number of unbranched alkanes of at least 4 members (excludes halogenated alkanes) is 1. The van der Waals surface area contributed by atoms with Crippen LogP contribution in [-0.2, 0) is 4.79 Å². The molecular formula is C21H24N4O2. The zero-order chi connectivity index (χ0) is 19.1. The molecule has 0 unspecified atom stereocenters. The van der Waals surface area contributed by atoms with Crippen LogP contribution in [0.15, 0.2) is 55.0 Å². The van der Waals surface area contributed by atoms with Crippen molar-refractivity contribution < 1.29 is 9.53 Å². The molecule has 140 valence electrons. The van der Waals surface area contributed by atoms with Crippen LogP contribution < -0.4 is 10.1 Å². The standard InChI is InChI=1S/C21H24N4O2/c1-16-9-10-17(2)19(15-16)27-14-4-3-8-20(26)24-18-7-5-11-22-21(18)25-13-6-12-23-25/h5-7,9-13,15H,3-4,8,14H2,1-2H3,(H,24,26). The first-order valence-corrected chi connectivity index (χ1v) is 9.08. The van der Waals surface area contributed by atoms with Crippen LogP contribution in [0, 0.1) is 13.8 Å². The Morgan fingerprint density at radius 1 is 1.15 bits per heavy atom. The van der Waals surface area contributed by atoms with E-state index in [1.807, 2.05) is 32.0 Å². The molecule has 2 heterocycles. The van der Waals surface area contributed by atoms with Crippen molar-refractivity contribution in [3.63, 3.8) is 0 Å². The second-order valence-electron chi connectivity index (χ2n) is 6.45. The molecule has 27 heavy (non-hydrogen) atoms. The number of amides is 1. The van der Waals surface area contributed by atoms with Gasteiger partial charge in [0.05, 0.1) is 12.3 Å². The number of pyridine rings is 1. The predicted molar refractivity (Wildman–Crippen MR) is 105 cm³/mol. The Labute approximate surface area is 159 Å².